The van der Waals surface area contributed by atoms with Gasteiger partial charge in [0, 0.05) is 12.6 Å². The SMILES string of the molecule is O=C(NC1CN2CCC1CC2)c1ncc(Cl)c(=O)[nH]1. The molecule has 3 saturated heterocycles. The van der Waals surface area contributed by atoms with E-state index in [4.69, 9.17) is 11.6 Å². The molecule has 2 N–H and O–H groups in total. The summed E-state index contributed by atoms with van der Waals surface area (Å²) in [5.74, 6) is 0.214. The smallest absolute Gasteiger partial charge is 0.287 e. The minimum Gasteiger partial charge on any atom is -0.345 e. The molecule has 1 amide bonds. The molecule has 1 aromatic rings. The Morgan fingerprint density at radius 3 is 2.79 bits per heavy atom. The van der Waals surface area contributed by atoms with Crippen molar-refractivity contribution >= 4 is 17.5 Å². The van der Waals surface area contributed by atoms with Crippen molar-refractivity contribution in [3.8, 4) is 0 Å². The van der Waals surface area contributed by atoms with Crippen LogP contribution < -0.4 is 10.9 Å². The van der Waals surface area contributed by atoms with E-state index in [9.17, 15) is 9.59 Å². The number of hydrogen-bond acceptors (Lipinski definition) is 4. The number of hydrogen-bond donors (Lipinski definition) is 2. The van der Waals surface area contributed by atoms with Crippen LogP contribution in [0.5, 0.6) is 0 Å². The van der Waals surface area contributed by atoms with E-state index in [2.05, 4.69) is 20.2 Å². The molecule has 102 valence electrons. The van der Waals surface area contributed by atoms with Crippen molar-refractivity contribution < 1.29 is 4.79 Å². The van der Waals surface area contributed by atoms with Gasteiger partial charge in [-0.15, -0.1) is 0 Å². The number of nitrogens with one attached hydrogen (secondary N) is 2. The Hall–Kier alpha value is -1.40. The lowest BCUT2D eigenvalue weighted by molar-refractivity contribution is 0.0614. The maximum Gasteiger partial charge on any atom is 0.287 e. The van der Waals surface area contributed by atoms with Crippen LogP contribution in [0.25, 0.3) is 0 Å². The number of rotatable bonds is 2. The third-order valence-corrected chi connectivity index (χ3v) is 4.21. The Labute approximate surface area is 115 Å². The van der Waals surface area contributed by atoms with Crippen LogP contribution in [0.1, 0.15) is 23.5 Å². The van der Waals surface area contributed by atoms with Gasteiger partial charge in [-0.2, -0.15) is 0 Å². The van der Waals surface area contributed by atoms with Crippen molar-refractivity contribution in [2.75, 3.05) is 19.6 Å². The predicted molar refractivity (Wildman–Crippen MR) is 70.3 cm³/mol. The number of carbonyl (C=O) groups excluding carboxylic acids is 1. The highest BCUT2D eigenvalue weighted by Gasteiger charge is 2.35. The number of aromatic amines is 1. The van der Waals surface area contributed by atoms with Crippen LogP contribution in [0.2, 0.25) is 5.02 Å². The summed E-state index contributed by atoms with van der Waals surface area (Å²) < 4.78 is 0. The number of amides is 1. The van der Waals surface area contributed by atoms with E-state index in [0.717, 1.165) is 32.5 Å². The molecule has 1 aromatic heterocycles. The van der Waals surface area contributed by atoms with Gasteiger partial charge in [-0.3, -0.25) is 9.59 Å². The number of aromatic nitrogens is 2. The van der Waals surface area contributed by atoms with E-state index < -0.39 is 5.56 Å². The predicted octanol–water partition coefficient (Wildman–Crippen LogP) is 0.247. The summed E-state index contributed by atoms with van der Waals surface area (Å²) in [5.41, 5.74) is -0.490. The Balaban J connectivity index is 1.71. The van der Waals surface area contributed by atoms with E-state index >= 15 is 0 Å². The van der Waals surface area contributed by atoms with E-state index in [1.54, 1.807) is 0 Å². The van der Waals surface area contributed by atoms with Crippen molar-refractivity contribution in [2.24, 2.45) is 5.92 Å². The zero-order valence-corrected chi connectivity index (χ0v) is 11.1. The zero-order chi connectivity index (χ0) is 13.4. The molecule has 1 atom stereocenters. The molecule has 3 aliphatic heterocycles. The summed E-state index contributed by atoms with van der Waals surface area (Å²) in [6.07, 6.45) is 3.44. The van der Waals surface area contributed by atoms with Crippen molar-refractivity contribution in [1.82, 2.24) is 20.2 Å². The van der Waals surface area contributed by atoms with Crippen molar-refractivity contribution in [3.05, 3.63) is 27.4 Å². The number of piperidine rings is 3. The highest BCUT2D eigenvalue weighted by atomic mass is 35.5. The lowest BCUT2D eigenvalue weighted by Crippen LogP contribution is -2.57. The van der Waals surface area contributed by atoms with Gasteiger partial charge in [0.25, 0.3) is 11.5 Å². The molecule has 2 bridgehead atoms. The summed E-state index contributed by atoms with van der Waals surface area (Å²) in [6.45, 7) is 3.12. The highest BCUT2D eigenvalue weighted by Crippen LogP contribution is 2.27. The van der Waals surface area contributed by atoms with E-state index in [1.807, 2.05) is 0 Å². The monoisotopic (exact) mass is 282 g/mol. The highest BCUT2D eigenvalue weighted by molar-refractivity contribution is 6.30. The van der Waals surface area contributed by atoms with Crippen molar-refractivity contribution in [1.29, 1.82) is 0 Å². The third-order valence-electron chi connectivity index (χ3n) is 3.94. The number of fused-ring (bicyclic) bond motifs is 3. The summed E-state index contributed by atoms with van der Waals surface area (Å²) in [7, 11) is 0. The molecule has 3 aliphatic rings. The molecule has 4 rings (SSSR count). The summed E-state index contributed by atoms with van der Waals surface area (Å²) >= 11 is 5.58. The summed E-state index contributed by atoms with van der Waals surface area (Å²) in [5, 5.41) is 2.94. The fourth-order valence-corrected chi connectivity index (χ4v) is 2.96. The second-order valence-corrected chi connectivity index (χ2v) is 5.53. The van der Waals surface area contributed by atoms with Crippen LogP contribution in [-0.2, 0) is 0 Å². The van der Waals surface area contributed by atoms with Crippen LogP contribution in [0.4, 0.5) is 0 Å². The number of halogens is 1. The first kappa shape index (κ1) is 12.6. The van der Waals surface area contributed by atoms with Crippen molar-refractivity contribution in [3.63, 3.8) is 0 Å². The first-order chi connectivity index (χ1) is 9.13. The van der Waals surface area contributed by atoms with Crippen LogP contribution in [-0.4, -0.2) is 46.5 Å². The minimum atomic E-state index is -0.490. The summed E-state index contributed by atoms with van der Waals surface area (Å²) in [6, 6.07) is 0.149. The third kappa shape index (κ3) is 2.50. The van der Waals surface area contributed by atoms with Crippen LogP contribution in [0, 0.1) is 5.92 Å². The quantitative estimate of drug-likeness (QED) is 0.815. The van der Waals surface area contributed by atoms with E-state index in [1.165, 1.54) is 6.20 Å². The molecule has 0 radical (unpaired) electrons. The van der Waals surface area contributed by atoms with Gasteiger partial charge in [0.2, 0.25) is 0 Å². The lowest BCUT2D eigenvalue weighted by atomic mass is 9.84. The maximum absolute atomic E-state index is 12.0. The van der Waals surface area contributed by atoms with Crippen LogP contribution in [0.15, 0.2) is 11.0 Å². The van der Waals surface area contributed by atoms with Gasteiger partial charge < -0.3 is 15.2 Å². The van der Waals surface area contributed by atoms with Gasteiger partial charge in [0.1, 0.15) is 5.02 Å². The molecule has 6 nitrogen and oxygen atoms in total. The van der Waals surface area contributed by atoms with E-state index in [-0.39, 0.29) is 22.8 Å². The lowest BCUT2D eigenvalue weighted by Gasteiger charge is -2.44. The average Bonchev–Trinajstić information content (AvgIpc) is 2.43. The van der Waals surface area contributed by atoms with Gasteiger partial charge in [-0.05, 0) is 31.8 Å². The van der Waals surface area contributed by atoms with E-state index in [0.29, 0.717) is 5.92 Å². The Morgan fingerprint density at radius 2 is 2.21 bits per heavy atom. The molecule has 7 heteroatoms. The molecular formula is C12H15ClN4O2. The van der Waals surface area contributed by atoms with Gasteiger partial charge >= 0.3 is 0 Å². The molecule has 0 aliphatic carbocycles. The topological polar surface area (TPSA) is 78.1 Å². The van der Waals surface area contributed by atoms with Gasteiger partial charge in [0.05, 0.1) is 6.20 Å². The van der Waals surface area contributed by atoms with Crippen LogP contribution >= 0.6 is 11.6 Å². The Bertz CT molecular complexity index is 551. The fraction of sp³-hybridized carbons (Fsp3) is 0.583. The zero-order valence-electron chi connectivity index (χ0n) is 10.4. The number of nitrogens with zero attached hydrogens (tertiary/aromatic N) is 2. The molecular weight excluding hydrogens is 268 g/mol. The fourth-order valence-electron chi connectivity index (χ4n) is 2.86. The largest absolute Gasteiger partial charge is 0.345 e. The summed E-state index contributed by atoms with van der Waals surface area (Å²) in [4.78, 5) is 32.0. The van der Waals surface area contributed by atoms with Gasteiger partial charge in [-0.25, -0.2) is 4.98 Å². The standard InChI is InChI=1S/C12H15ClN4O2/c13-8-5-14-10(16-11(8)18)12(19)15-9-6-17-3-1-7(9)2-4-17/h5,7,9H,1-4,6H2,(H,15,19)(H,14,16,18). The molecule has 3 fully saturated rings. The molecule has 0 spiro atoms. The molecule has 0 saturated carbocycles. The number of carbonyl (C=O) groups is 1. The molecule has 0 aromatic carbocycles. The maximum atomic E-state index is 12.0. The first-order valence-electron chi connectivity index (χ1n) is 6.41. The van der Waals surface area contributed by atoms with Gasteiger partial charge in [0.15, 0.2) is 5.82 Å². The van der Waals surface area contributed by atoms with Crippen LogP contribution in [0.3, 0.4) is 0 Å². The minimum absolute atomic E-state index is 0.0145. The molecule has 4 heterocycles. The second-order valence-electron chi connectivity index (χ2n) is 5.13. The number of H-pyrrole nitrogens is 1. The normalized spacial score (nSPS) is 29.2. The molecule has 19 heavy (non-hydrogen) atoms. The average molecular weight is 283 g/mol. The first-order valence-corrected chi connectivity index (χ1v) is 6.79. The molecule has 1 unspecified atom stereocenters. The Morgan fingerprint density at radius 1 is 1.47 bits per heavy atom. The van der Waals surface area contributed by atoms with Gasteiger partial charge in [-0.1, -0.05) is 11.6 Å². The van der Waals surface area contributed by atoms with Crippen molar-refractivity contribution in [2.45, 2.75) is 18.9 Å². The second kappa shape index (κ2) is 4.94. The Kier molecular flexibility index (Phi) is 3.28.